The number of ether oxygens (including phenoxy) is 1. The Morgan fingerprint density at radius 2 is 2.27 bits per heavy atom. The summed E-state index contributed by atoms with van der Waals surface area (Å²) < 4.78 is 10.7. The van der Waals surface area contributed by atoms with E-state index in [0.717, 1.165) is 18.4 Å². The summed E-state index contributed by atoms with van der Waals surface area (Å²) in [5.74, 6) is 0.436. The number of esters is 1. The molecule has 0 spiro atoms. The smallest absolute Gasteiger partial charge is 0.309 e. The van der Waals surface area contributed by atoms with Crippen LogP contribution < -0.4 is 0 Å². The van der Waals surface area contributed by atoms with Gasteiger partial charge < -0.3 is 14.3 Å². The first kappa shape index (κ1) is 15.3. The fourth-order valence-electron chi connectivity index (χ4n) is 3.63. The van der Waals surface area contributed by atoms with E-state index in [4.69, 9.17) is 9.15 Å². The number of fused-ring (bicyclic) bond motifs is 2. The van der Waals surface area contributed by atoms with Crippen molar-refractivity contribution in [2.45, 2.75) is 57.7 Å². The van der Waals surface area contributed by atoms with E-state index in [1.165, 1.54) is 0 Å². The van der Waals surface area contributed by atoms with Crippen molar-refractivity contribution in [3.8, 4) is 0 Å². The van der Waals surface area contributed by atoms with E-state index in [9.17, 15) is 9.90 Å². The maximum Gasteiger partial charge on any atom is 0.309 e. The Kier molecular flexibility index (Phi) is 3.63. The number of rotatable bonds is 3. The van der Waals surface area contributed by atoms with Crippen LogP contribution in [0.15, 0.2) is 23.0 Å². The summed E-state index contributed by atoms with van der Waals surface area (Å²) in [7, 11) is 0. The van der Waals surface area contributed by atoms with E-state index >= 15 is 0 Å². The molecule has 2 bridgehead atoms. The molecule has 4 rings (SSSR count). The van der Waals surface area contributed by atoms with Gasteiger partial charge in [0, 0.05) is 11.5 Å². The van der Waals surface area contributed by atoms with Crippen LogP contribution in [0, 0.1) is 11.8 Å². The number of allylic oxidation sites excluding steroid dienone is 1. The Bertz CT molecular complexity index is 584. The van der Waals surface area contributed by atoms with Gasteiger partial charge in [-0.25, -0.2) is 4.98 Å². The molecule has 0 radical (unpaired) electrons. The van der Waals surface area contributed by atoms with Crippen molar-refractivity contribution >= 4 is 11.5 Å². The Labute approximate surface area is 130 Å². The van der Waals surface area contributed by atoms with Crippen molar-refractivity contribution in [1.82, 2.24) is 4.98 Å². The van der Waals surface area contributed by atoms with Crippen molar-refractivity contribution in [2.24, 2.45) is 11.8 Å². The van der Waals surface area contributed by atoms with Gasteiger partial charge in [0.15, 0.2) is 0 Å². The second-order valence-corrected chi connectivity index (χ2v) is 7.41. The van der Waals surface area contributed by atoms with Gasteiger partial charge in [0.1, 0.15) is 11.9 Å². The molecule has 1 saturated carbocycles. The van der Waals surface area contributed by atoms with Crippen LogP contribution in [0.5, 0.6) is 0 Å². The van der Waals surface area contributed by atoms with E-state index in [2.05, 4.69) is 4.98 Å². The van der Waals surface area contributed by atoms with Crippen molar-refractivity contribution in [3.63, 3.8) is 0 Å². The van der Waals surface area contributed by atoms with Gasteiger partial charge in [-0.2, -0.15) is 0 Å². The molecule has 0 unspecified atom stereocenters. The van der Waals surface area contributed by atoms with E-state index in [0.29, 0.717) is 12.3 Å². The van der Waals surface area contributed by atoms with Gasteiger partial charge >= 0.3 is 5.97 Å². The average molecular weight is 305 g/mol. The first-order chi connectivity index (χ1) is 10.3. The zero-order chi connectivity index (χ0) is 16.0. The van der Waals surface area contributed by atoms with Crippen molar-refractivity contribution < 1.29 is 19.1 Å². The maximum atomic E-state index is 12.1. The van der Waals surface area contributed by atoms with E-state index in [1.54, 1.807) is 12.5 Å². The highest BCUT2D eigenvalue weighted by molar-refractivity contribution is 5.72. The fraction of sp³-hybridized carbons (Fsp3) is 0.647. The lowest BCUT2D eigenvalue weighted by Gasteiger charge is -2.46. The highest BCUT2D eigenvalue weighted by atomic mass is 16.6. The lowest BCUT2D eigenvalue weighted by Crippen LogP contribution is -2.48. The highest BCUT2D eigenvalue weighted by Crippen LogP contribution is 2.50. The summed E-state index contributed by atoms with van der Waals surface area (Å²) in [5.41, 5.74) is -0.475. The van der Waals surface area contributed by atoms with Gasteiger partial charge in [-0.15, -0.1) is 0 Å². The monoisotopic (exact) mass is 305 g/mol. The molecule has 120 valence electrons. The van der Waals surface area contributed by atoms with E-state index < -0.39 is 11.2 Å². The predicted octanol–water partition coefficient (Wildman–Crippen LogP) is 2.95. The first-order valence-electron chi connectivity index (χ1n) is 7.83. The molecule has 22 heavy (non-hydrogen) atoms. The third kappa shape index (κ3) is 2.95. The van der Waals surface area contributed by atoms with Gasteiger partial charge in [0.25, 0.3) is 0 Å². The second kappa shape index (κ2) is 5.23. The molecule has 0 aromatic carbocycles. The summed E-state index contributed by atoms with van der Waals surface area (Å²) in [4.78, 5) is 16.3. The molecule has 3 aliphatic carbocycles. The summed E-state index contributed by atoms with van der Waals surface area (Å²) in [6.45, 7) is 5.51. The average Bonchev–Trinajstić information content (AvgIpc) is 2.89. The molecule has 3 aliphatic rings. The van der Waals surface area contributed by atoms with E-state index in [-0.39, 0.29) is 24.2 Å². The van der Waals surface area contributed by atoms with Crippen molar-refractivity contribution in [3.05, 3.63) is 24.4 Å². The van der Waals surface area contributed by atoms with Crippen LogP contribution in [0.1, 0.15) is 52.3 Å². The predicted molar refractivity (Wildman–Crippen MR) is 80.7 cm³/mol. The maximum absolute atomic E-state index is 12.1. The van der Waals surface area contributed by atoms with E-state index in [1.807, 2.05) is 26.8 Å². The Hall–Kier alpha value is -1.62. The summed E-state index contributed by atoms with van der Waals surface area (Å²) in [5, 5.41) is 10.9. The quantitative estimate of drug-likeness (QED) is 0.869. The largest absolute Gasteiger partial charge is 0.460 e. The molecule has 3 atom stereocenters. The number of aliphatic hydroxyl groups is 1. The number of oxazole rings is 1. The third-order valence-electron chi connectivity index (χ3n) is 4.49. The second-order valence-electron chi connectivity index (χ2n) is 7.41. The summed E-state index contributed by atoms with van der Waals surface area (Å²) >= 11 is 0. The molecule has 1 aromatic heterocycles. The summed E-state index contributed by atoms with van der Waals surface area (Å²) in [6, 6.07) is 0. The van der Waals surface area contributed by atoms with Gasteiger partial charge in [-0.05, 0) is 46.0 Å². The van der Waals surface area contributed by atoms with Crippen LogP contribution in [0.25, 0.3) is 5.57 Å². The molecular formula is C17H23NO4. The molecule has 5 heteroatoms. The van der Waals surface area contributed by atoms with Crippen LogP contribution in [-0.4, -0.2) is 27.3 Å². The zero-order valence-electron chi connectivity index (χ0n) is 13.3. The number of hydrogen-bond acceptors (Lipinski definition) is 5. The van der Waals surface area contributed by atoms with Gasteiger partial charge in [-0.1, -0.05) is 6.08 Å². The van der Waals surface area contributed by atoms with Crippen LogP contribution in [0.4, 0.5) is 0 Å². The Balaban J connectivity index is 1.76. The number of carbonyl (C=O) groups excluding carboxylic acids is 1. The van der Waals surface area contributed by atoms with Crippen LogP contribution >= 0.6 is 0 Å². The number of nitrogens with zero attached hydrogens (tertiary/aromatic N) is 1. The van der Waals surface area contributed by atoms with Crippen molar-refractivity contribution in [2.75, 3.05) is 0 Å². The minimum Gasteiger partial charge on any atom is -0.460 e. The van der Waals surface area contributed by atoms with Crippen LogP contribution in [0.2, 0.25) is 0 Å². The van der Waals surface area contributed by atoms with Crippen LogP contribution in [0.3, 0.4) is 0 Å². The Morgan fingerprint density at radius 1 is 1.50 bits per heavy atom. The standard InChI is InChI=1S/C17H23NO4/c1-16(2,3)22-14(19)10-17(20)9-11-4-5-12(17)8-13(11)15-18-6-7-21-15/h6-8,11-12,20H,4-5,9-10H2,1-3H3/t11-,12-,17-/m1/s1. The molecule has 1 aromatic rings. The fourth-order valence-corrected chi connectivity index (χ4v) is 3.63. The molecule has 5 nitrogen and oxygen atoms in total. The molecule has 0 amide bonds. The lowest BCUT2D eigenvalue weighted by molar-refractivity contribution is -0.164. The minimum absolute atomic E-state index is 0.0425. The minimum atomic E-state index is -1.01. The zero-order valence-corrected chi connectivity index (χ0v) is 13.3. The molecule has 1 fully saturated rings. The topological polar surface area (TPSA) is 72.6 Å². The molecule has 0 saturated heterocycles. The number of carbonyl (C=O) groups is 1. The van der Waals surface area contributed by atoms with Crippen LogP contribution in [-0.2, 0) is 9.53 Å². The first-order valence-corrected chi connectivity index (χ1v) is 7.83. The number of aromatic nitrogens is 1. The normalized spacial score (nSPS) is 31.0. The molecule has 0 aliphatic heterocycles. The van der Waals surface area contributed by atoms with Gasteiger partial charge in [0.05, 0.1) is 18.2 Å². The van der Waals surface area contributed by atoms with Gasteiger partial charge in [0.2, 0.25) is 5.89 Å². The lowest BCUT2D eigenvalue weighted by atomic mass is 9.62. The highest BCUT2D eigenvalue weighted by Gasteiger charge is 2.49. The molecule has 1 heterocycles. The van der Waals surface area contributed by atoms with Gasteiger partial charge in [-0.3, -0.25) is 4.79 Å². The number of hydrogen-bond donors (Lipinski definition) is 1. The SMILES string of the molecule is CC(C)(C)OC(=O)C[C@]1(O)C[C@H]2CC[C@@H]1C=C2c1ncco1. The molecular weight excluding hydrogens is 282 g/mol. The van der Waals surface area contributed by atoms with Crippen molar-refractivity contribution in [1.29, 1.82) is 0 Å². The summed E-state index contributed by atoms with van der Waals surface area (Å²) in [6.07, 6.45) is 7.71. The molecule has 1 N–H and O–H groups in total. The third-order valence-corrected chi connectivity index (χ3v) is 4.49. The Morgan fingerprint density at radius 3 is 2.82 bits per heavy atom.